The Labute approximate surface area is 136 Å². The third-order valence-corrected chi connectivity index (χ3v) is 4.38. The van der Waals surface area contributed by atoms with Gasteiger partial charge in [0.15, 0.2) is 11.6 Å². The Kier molecular flexibility index (Phi) is 3.60. The Morgan fingerprint density at radius 2 is 2.00 bits per heavy atom. The molecule has 1 aliphatic rings. The second-order valence-electron chi connectivity index (χ2n) is 5.72. The molecule has 122 valence electrons. The summed E-state index contributed by atoms with van der Waals surface area (Å²) in [6.45, 7) is 3.43. The molecule has 2 atom stereocenters. The van der Waals surface area contributed by atoms with E-state index in [-0.39, 0.29) is 28.7 Å². The number of fused-ring (bicyclic) bond motifs is 2. The normalized spacial score (nSPS) is 18.2. The van der Waals surface area contributed by atoms with Crippen LogP contribution in [0, 0.1) is 11.8 Å². The molecule has 2 unspecified atom stereocenters. The fourth-order valence-corrected chi connectivity index (χ4v) is 3.21. The van der Waals surface area contributed by atoms with Crippen molar-refractivity contribution < 1.29 is 29.7 Å². The van der Waals surface area contributed by atoms with Crippen LogP contribution in [-0.4, -0.2) is 32.9 Å². The van der Waals surface area contributed by atoms with E-state index in [1.54, 1.807) is 12.1 Å². The van der Waals surface area contributed by atoms with E-state index < -0.39 is 35.1 Å². The highest BCUT2D eigenvalue weighted by Crippen LogP contribution is 2.42. The van der Waals surface area contributed by atoms with Crippen LogP contribution in [0.5, 0.6) is 11.5 Å². The van der Waals surface area contributed by atoms with Gasteiger partial charge in [0.1, 0.15) is 11.5 Å². The average molecular weight is 326 g/mol. The summed E-state index contributed by atoms with van der Waals surface area (Å²) in [5.74, 6) is -5.21. The third-order valence-electron chi connectivity index (χ3n) is 4.38. The molecule has 0 aliphatic heterocycles. The summed E-state index contributed by atoms with van der Waals surface area (Å²) in [5.41, 5.74) is -0.196. The minimum atomic E-state index is -1.23. The Hall–Kier alpha value is -3.15. The van der Waals surface area contributed by atoms with Gasteiger partial charge in [-0.05, 0) is 17.5 Å². The molecular weight excluding hydrogens is 312 g/mol. The molecule has 6 heteroatoms. The first-order valence-electron chi connectivity index (χ1n) is 7.27. The molecule has 0 saturated carbocycles. The van der Waals surface area contributed by atoms with Gasteiger partial charge in [0, 0.05) is 17.9 Å². The smallest absolute Gasteiger partial charge is 0.311 e. The molecule has 0 bridgehead atoms. The van der Waals surface area contributed by atoms with Gasteiger partial charge in [0.2, 0.25) is 0 Å². The van der Waals surface area contributed by atoms with Gasteiger partial charge in [-0.3, -0.25) is 14.4 Å². The van der Waals surface area contributed by atoms with Crippen molar-refractivity contribution in [2.45, 2.75) is 6.42 Å². The fourth-order valence-electron chi connectivity index (χ4n) is 3.21. The SMILES string of the molecule is C=CC(C(=O)O)C1CC(=O)c2c(cc3cccc(O)c3c2O)C1=O. The average Bonchev–Trinajstić information content (AvgIpc) is 2.52. The number of phenols is 2. The molecule has 2 aromatic carbocycles. The van der Waals surface area contributed by atoms with Gasteiger partial charge in [-0.25, -0.2) is 0 Å². The van der Waals surface area contributed by atoms with Crippen molar-refractivity contribution in [3.05, 3.63) is 48.0 Å². The highest BCUT2D eigenvalue weighted by Gasteiger charge is 2.41. The number of aromatic hydroxyl groups is 2. The zero-order valence-corrected chi connectivity index (χ0v) is 12.5. The standard InChI is InChI=1S/C18H14O6/c1-2-9(18(23)24)10-7-13(20)15-11(16(10)21)6-8-4-3-5-12(19)14(8)17(15)22/h2-6,9-10,19,22H,1,7H2,(H,23,24). The number of Topliss-reactive ketones (excluding diaryl/α,β-unsaturated/α-hetero) is 2. The van der Waals surface area contributed by atoms with Crippen molar-refractivity contribution >= 4 is 28.3 Å². The van der Waals surface area contributed by atoms with Crippen LogP contribution in [-0.2, 0) is 4.79 Å². The topological polar surface area (TPSA) is 112 Å². The molecule has 24 heavy (non-hydrogen) atoms. The zero-order valence-electron chi connectivity index (χ0n) is 12.5. The molecule has 0 amide bonds. The Morgan fingerprint density at radius 3 is 2.62 bits per heavy atom. The zero-order chi connectivity index (χ0) is 17.6. The second kappa shape index (κ2) is 5.49. The Balaban J connectivity index is 2.26. The molecular formula is C18H14O6. The van der Waals surface area contributed by atoms with Crippen LogP contribution >= 0.6 is 0 Å². The molecule has 0 radical (unpaired) electrons. The highest BCUT2D eigenvalue weighted by atomic mass is 16.4. The fraction of sp³-hybridized carbons (Fsp3) is 0.167. The number of benzene rings is 2. The maximum absolute atomic E-state index is 12.7. The number of hydrogen-bond donors (Lipinski definition) is 3. The van der Waals surface area contributed by atoms with Crippen molar-refractivity contribution in [1.29, 1.82) is 0 Å². The van der Waals surface area contributed by atoms with Crippen LogP contribution in [0.25, 0.3) is 10.8 Å². The molecule has 3 rings (SSSR count). The van der Waals surface area contributed by atoms with Gasteiger partial charge in [0.05, 0.1) is 16.9 Å². The molecule has 0 spiro atoms. The van der Waals surface area contributed by atoms with Crippen LogP contribution in [0.2, 0.25) is 0 Å². The van der Waals surface area contributed by atoms with Crippen molar-refractivity contribution in [2.75, 3.05) is 0 Å². The molecule has 1 aliphatic carbocycles. The minimum absolute atomic E-state index is 0.0278. The lowest BCUT2D eigenvalue weighted by molar-refractivity contribution is -0.141. The summed E-state index contributed by atoms with van der Waals surface area (Å²) in [7, 11) is 0. The number of carbonyl (C=O) groups is 3. The molecule has 0 fully saturated rings. The lowest BCUT2D eigenvalue weighted by Gasteiger charge is -2.26. The summed E-state index contributed by atoms with van der Waals surface area (Å²) in [6, 6.07) is 5.89. The van der Waals surface area contributed by atoms with Crippen LogP contribution < -0.4 is 0 Å². The van der Waals surface area contributed by atoms with E-state index in [1.165, 1.54) is 12.1 Å². The number of carboxylic acids is 1. The minimum Gasteiger partial charge on any atom is -0.507 e. The molecule has 2 aromatic rings. The van der Waals surface area contributed by atoms with Crippen LogP contribution in [0.1, 0.15) is 27.1 Å². The van der Waals surface area contributed by atoms with Gasteiger partial charge in [0.25, 0.3) is 0 Å². The monoisotopic (exact) mass is 326 g/mol. The van der Waals surface area contributed by atoms with Crippen LogP contribution in [0.4, 0.5) is 0 Å². The van der Waals surface area contributed by atoms with Gasteiger partial charge in [-0.2, -0.15) is 0 Å². The first kappa shape index (κ1) is 15.7. The van der Waals surface area contributed by atoms with E-state index in [1.807, 2.05) is 0 Å². The maximum atomic E-state index is 12.7. The van der Waals surface area contributed by atoms with Gasteiger partial charge in [-0.1, -0.05) is 18.2 Å². The van der Waals surface area contributed by atoms with E-state index in [9.17, 15) is 29.7 Å². The van der Waals surface area contributed by atoms with Gasteiger partial charge in [-0.15, -0.1) is 6.58 Å². The number of hydrogen-bond acceptors (Lipinski definition) is 5. The van der Waals surface area contributed by atoms with E-state index in [2.05, 4.69) is 6.58 Å². The maximum Gasteiger partial charge on any atom is 0.311 e. The van der Waals surface area contributed by atoms with Crippen molar-refractivity contribution in [2.24, 2.45) is 11.8 Å². The quantitative estimate of drug-likeness (QED) is 0.747. The predicted octanol–water partition coefficient (Wildman–Crippen LogP) is 2.52. The van der Waals surface area contributed by atoms with Gasteiger partial charge < -0.3 is 15.3 Å². The Bertz CT molecular complexity index is 911. The summed E-state index contributed by atoms with van der Waals surface area (Å²) < 4.78 is 0. The lowest BCUT2D eigenvalue weighted by Crippen LogP contribution is -2.35. The third kappa shape index (κ3) is 2.15. The number of carboxylic acid groups (broad SMARTS) is 1. The summed E-state index contributed by atoms with van der Waals surface area (Å²) >= 11 is 0. The number of phenolic OH excluding ortho intramolecular Hbond substituents is 2. The lowest BCUT2D eigenvalue weighted by atomic mass is 9.74. The Morgan fingerprint density at radius 1 is 1.29 bits per heavy atom. The molecule has 0 aromatic heterocycles. The first-order chi connectivity index (χ1) is 11.4. The van der Waals surface area contributed by atoms with Crippen LogP contribution in [0.3, 0.4) is 0 Å². The first-order valence-corrected chi connectivity index (χ1v) is 7.27. The van der Waals surface area contributed by atoms with Gasteiger partial charge >= 0.3 is 5.97 Å². The highest BCUT2D eigenvalue weighted by molar-refractivity contribution is 6.20. The number of carbonyl (C=O) groups excluding carboxylic acids is 2. The molecule has 0 heterocycles. The number of aliphatic carboxylic acids is 1. The van der Waals surface area contributed by atoms with E-state index >= 15 is 0 Å². The summed E-state index contributed by atoms with van der Waals surface area (Å²) in [6.07, 6.45) is 0.803. The second-order valence-corrected chi connectivity index (χ2v) is 5.72. The van der Waals surface area contributed by atoms with Crippen LogP contribution in [0.15, 0.2) is 36.9 Å². The molecule has 6 nitrogen and oxygen atoms in total. The summed E-state index contributed by atoms with van der Waals surface area (Å²) in [5, 5.41) is 30.0. The van der Waals surface area contributed by atoms with Crippen molar-refractivity contribution in [3.8, 4) is 11.5 Å². The predicted molar refractivity (Wildman–Crippen MR) is 85.4 cm³/mol. The largest absolute Gasteiger partial charge is 0.507 e. The van der Waals surface area contributed by atoms with Crippen molar-refractivity contribution in [1.82, 2.24) is 0 Å². The molecule has 0 saturated heterocycles. The number of ketones is 2. The molecule has 3 N–H and O–H groups in total. The van der Waals surface area contributed by atoms with E-state index in [4.69, 9.17) is 0 Å². The summed E-state index contributed by atoms with van der Waals surface area (Å²) in [4.78, 5) is 36.5. The van der Waals surface area contributed by atoms with E-state index in [0.717, 1.165) is 6.08 Å². The van der Waals surface area contributed by atoms with E-state index in [0.29, 0.717) is 5.39 Å². The van der Waals surface area contributed by atoms with Crippen molar-refractivity contribution in [3.63, 3.8) is 0 Å². The number of rotatable bonds is 3.